The molecule has 1 aliphatic carbocycles. The molecular weight excluding hydrogens is 282 g/mol. The molecule has 2 fully saturated rings. The van der Waals surface area contributed by atoms with Crippen molar-refractivity contribution in [3.8, 4) is 5.88 Å². The van der Waals surface area contributed by atoms with Crippen LogP contribution in [0.25, 0.3) is 0 Å². The van der Waals surface area contributed by atoms with Crippen molar-refractivity contribution >= 4 is 17.5 Å². The quantitative estimate of drug-likeness (QED) is 0.918. The molecule has 1 aliphatic heterocycles. The molecule has 1 aromatic rings. The van der Waals surface area contributed by atoms with Gasteiger partial charge in [-0.2, -0.15) is 0 Å². The molecule has 1 saturated carbocycles. The number of methoxy groups -OCH3 is 1. The summed E-state index contributed by atoms with van der Waals surface area (Å²) in [6.07, 6.45) is 5.30. The largest absolute Gasteiger partial charge is 0.480 e. The van der Waals surface area contributed by atoms with Gasteiger partial charge in [0, 0.05) is 25.2 Å². The minimum atomic E-state index is -0.165. The van der Waals surface area contributed by atoms with Crippen LogP contribution in [-0.2, 0) is 9.59 Å². The van der Waals surface area contributed by atoms with Crippen LogP contribution in [0.3, 0.4) is 0 Å². The standard InChI is InChI=1S/C16H21N3O3/c1-22-15-13(5-2-8-17-15)18-14(20)12-4-3-9-19(10-12)16(21)11-6-7-11/h2,5,8,11-12H,3-4,6-7,9-10H2,1H3,(H,18,20)/t12-/m0/s1. The molecular formula is C16H21N3O3. The lowest BCUT2D eigenvalue weighted by molar-refractivity contribution is -0.135. The number of likely N-dealkylation sites (tertiary alicyclic amines) is 1. The zero-order valence-corrected chi connectivity index (χ0v) is 12.7. The van der Waals surface area contributed by atoms with Gasteiger partial charge in [-0.25, -0.2) is 4.98 Å². The maximum Gasteiger partial charge on any atom is 0.237 e. The summed E-state index contributed by atoms with van der Waals surface area (Å²) >= 11 is 0. The van der Waals surface area contributed by atoms with E-state index in [9.17, 15) is 9.59 Å². The minimum Gasteiger partial charge on any atom is -0.480 e. The minimum absolute atomic E-state index is 0.0698. The van der Waals surface area contributed by atoms with Gasteiger partial charge in [-0.15, -0.1) is 0 Å². The van der Waals surface area contributed by atoms with Crippen LogP contribution in [0.5, 0.6) is 5.88 Å². The van der Waals surface area contributed by atoms with E-state index in [2.05, 4.69) is 10.3 Å². The fourth-order valence-electron chi connectivity index (χ4n) is 2.86. The molecule has 6 nitrogen and oxygen atoms in total. The molecule has 1 N–H and O–H groups in total. The Morgan fingerprint density at radius 3 is 2.86 bits per heavy atom. The summed E-state index contributed by atoms with van der Waals surface area (Å²) in [5.74, 6) is 0.593. The molecule has 1 atom stereocenters. The number of piperidine rings is 1. The molecule has 0 unspecified atom stereocenters. The Bertz CT molecular complexity index is 572. The van der Waals surface area contributed by atoms with Gasteiger partial charge in [0.2, 0.25) is 17.7 Å². The number of anilines is 1. The van der Waals surface area contributed by atoms with Crippen molar-refractivity contribution in [1.82, 2.24) is 9.88 Å². The molecule has 1 saturated heterocycles. The fourth-order valence-corrected chi connectivity index (χ4v) is 2.86. The van der Waals surface area contributed by atoms with Gasteiger partial charge >= 0.3 is 0 Å². The smallest absolute Gasteiger partial charge is 0.237 e. The van der Waals surface area contributed by atoms with Gasteiger partial charge in [0.15, 0.2) is 0 Å². The highest BCUT2D eigenvalue weighted by molar-refractivity contribution is 5.94. The van der Waals surface area contributed by atoms with Gasteiger partial charge in [0.05, 0.1) is 13.0 Å². The van der Waals surface area contributed by atoms with Crippen LogP contribution in [0, 0.1) is 11.8 Å². The number of nitrogens with one attached hydrogen (secondary N) is 1. The average Bonchev–Trinajstić information content (AvgIpc) is 3.39. The molecule has 22 heavy (non-hydrogen) atoms. The van der Waals surface area contributed by atoms with Crippen molar-refractivity contribution in [2.75, 3.05) is 25.5 Å². The average molecular weight is 303 g/mol. The summed E-state index contributed by atoms with van der Waals surface area (Å²) in [4.78, 5) is 30.5. The van der Waals surface area contributed by atoms with Gasteiger partial charge in [-0.1, -0.05) is 0 Å². The maximum atomic E-state index is 12.5. The molecule has 0 aromatic carbocycles. The first-order valence-electron chi connectivity index (χ1n) is 7.77. The molecule has 0 spiro atoms. The van der Waals surface area contributed by atoms with E-state index < -0.39 is 0 Å². The van der Waals surface area contributed by atoms with Crippen molar-refractivity contribution < 1.29 is 14.3 Å². The number of pyridine rings is 1. The van der Waals surface area contributed by atoms with E-state index in [0.29, 0.717) is 18.1 Å². The number of nitrogens with zero attached hydrogens (tertiary/aromatic N) is 2. The number of carbonyl (C=O) groups is 2. The molecule has 0 radical (unpaired) electrons. The van der Waals surface area contributed by atoms with Crippen LogP contribution in [0.4, 0.5) is 5.69 Å². The van der Waals surface area contributed by atoms with E-state index in [-0.39, 0.29) is 23.7 Å². The summed E-state index contributed by atoms with van der Waals surface area (Å²) in [7, 11) is 1.52. The predicted octanol–water partition coefficient (Wildman–Crippen LogP) is 1.68. The third-order valence-corrected chi connectivity index (χ3v) is 4.25. The lowest BCUT2D eigenvalue weighted by Gasteiger charge is -2.32. The van der Waals surface area contributed by atoms with Gasteiger partial charge < -0.3 is 15.0 Å². The fraction of sp³-hybridized carbons (Fsp3) is 0.562. The Hall–Kier alpha value is -2.11. The first kappa shape index (κ1) is 14.8. The monoisotopic (exact) mass is 303 g/mol. The number of amides is 2. The van der Waals surface area contributed by atoms with Crippen LogP contribution in [0.15, 0.2) is 18.3 Å². The van der Waals surface area contributed by atoms with E-state index in [4.69, 9.17) is 4.74 Å². The third kappa shape index (κ3) is 3.21. The molecule has 2 amide bonds. The number of carbonyl (C=O) groups excluding carboxylic acids is 2. The van der Waals surface area contributed by atoms with E-state index >= 15 is 0 Å². The van der Waals surface area contributed by atoms with Crippen molar-refractivity contribution in [3.05, 3.63) is 18.3 Å². The summed E-state index contributed by atoms with van der Waals surface area (Å²) in [6.45, 7) is 1.29. The zero-order valence-electron chi connectivity index (χ0n) is 12.7. The number of ether oxygens (including phenoxy) is 1. The SMILES string of the molecule is COc1ncccc1NC(=O)[C@H]1CCCN(C(=O)C2CC2)C1. The molecule has 1 aromatic heterocycles. The van der Waals surface area contributed by atoms with E-state index in [1.807, 2.05) is 4.90 Å². The number of aromatic nitrogens is 1. The molecule has 118 valence electrons. The van der Waals surface area contributed by atoms with Crippen molar-refractivity contribution in [2.24, 2.45) is 11.8 Å². The summed E-state index contributed by atoms with van der Waals surface area (Å²) in [5.41, 5.74) is 0.570. The third-order valence-electron chi connectivity index (χ3n) is 4.25. The summed E-state index contributed by atoms with van der Waals surface area (Å²) in [5, 5.41) is 2.87. The van der Waals surface area contributed by atoms with E-state index in [0.717, 1.165) is 32.2 Å². The van der Waals surface area contributed by atoms with Crippen molar-refractivity contribution in [1.29, 1.82) is 0 Å². The van der Waals surface area contributed by atoms with Crippen LogP contribution in [0.2, 0.25) is 0 Å². The lowest BCUT2D eigenvalue weighted by Crippen LogP contribution is -2.44. The first-order chi connectivity index (χ1) is 10.7. The molecule has 0 bridgehead atoms. The molecule has 2 aliphatic rings. The van der Waals surface area contributed by atoms with Gasteiger partial charge in [0.25, 0.3) is 0 Å². The second-order valence-electron chi connectivity index (χ2n) is 5.95. The highest BCUT2D eigenvalue weighted by atomic mass is 16.5. The van der Waals surface area contributed by atoms with Crippen LogP contribution in [0.1, 0.15) is 25.7 Å². The topological polar surface area (TPSA) is 71.5 Å². The zero-order chi connectivity index (χ0) is 15.5. The normalized spacial score (nSPS) is 21.3. The Kier molecular flexibility index (Phi) is 4.27. The maximum absolute atomic E-state index is 12.5. The van der Waals surface area contributed by atoms with Crippen molar-refractivity contribution in [3.63, 3.8) is 0 Å². The second-order valence-corrected chi connectivity index (χ2v) is 5.95. The predicted molar refractivity (Wildman–Crippen MR) is 81.4 cm³/mol. The summed E-state index contributed by atoms with van der Waals surface area (Å²) < 4.78 is 5.14. The van der Waals surface area contributed by atoms with Crippen LogP contribution < -0.4 is 10.1 Å². The van der Waals surface area contributed by atoms with Gasteiger partial charge in [0.1, 0.15) is 5.69 Å². The van der Waals surface area contributed by atoms with Crippen molar-refractivity contribution in [2.45, 2.75) is 25.7 Å². The number of rotatable bonds is 4. The summed E-state index contributed by atoms with van der Waals surface area (Å²) in [6, 6.07) is 3.52. The molecule has 2 heterocycles. The van der Waals surface area contributed by atoms with Crippen LogP contribution in [-0.4, -0.2) is 41.9 Å². The van der Waals surface area contributed by atoms with E-state index in [1.54, 1.807) is 18.3 Å². The number of hydrogen-bond acceptors (Lipinski definition) is 4. The first-order valence-corrected chi connectivity index (χ1v) is 7.77. The second kappa shape index (κ2) is 6.34. The Morgan fingerprint density at radius 1 is 1.32 bits per heavy atom. The highest BCUT2D eigenvalue weighted by Gasteiger charge is 2.36. The lowest BCUT2D eigenvalue weighted by atomic mass is 9.96. The molecule has 6 heteroatoms. The highest BCUT2D eigenvalue weighted by Crippen LogP contribution is 2.32. The number of hydrogen-bond donors (Lipinski definition) is 1. The van der Waals surface area contributed by atoms with E-state index in [1.165, 1.54) is 7.11 Å². The Labute approximate surface area is 129 Å². The van der Waals surface area contributed by atoms with Gasteiger partial charge in [-0.05, 0) is 37.8 Å². The Morgan fingerprint density at radius 2 is 2.14 bits per heavy atom. The molecule has 3 rings (SSSR count). The van der Waals surface area contributed by atoms with Crippen LogP contribution >= 0.6 is 0 Å². The Balaban J connectivity index is 1.62. The van der Waals surface area contributed by atoms with Gasteiger partial charge in [-0.3, -0.25) is 9.59 Å².